The second-order valence-electron chi connectivity index (χ2n) is 4.61. The van der Waals surface area contributed by atoms with Crippen LogP contribution >= 0.6 is 11.8 Å². The van der Waals surface area contributed by atoms with Gasteiger partial charge in [0.05, 0.1) is 16.8 Å². The van der Waals surface area contributed by atoms with Crippen LogP contribution in [0.3, 0.4) is 0 Å². The maximum Gasteiger partial charge on any atom is 0.313 e. The molecule has 1 atom stereocenters. The second-order valence-corrected chi connectivity index (χ2v) is 7.95. The summed E-state index contributed by atoms with van der Waals surface area (Å²) in [5.74, 6) is -0.734. The molecule has 1 aliphatic heterocycles. The maximum atomic E-state index is 11.8. The quantitative estimate of drug-likeness (QED) is 0.815. The molecule has 1 N–H and O–H groups in total. The van der Waals surface area contributed by atoms with Gasteiger partial charge in [-0.3, -0.25) is 4.79 Å². The lowest BCUT2D eigenvalue weighted by Gasteiger charge is -2.14. The highest BCUT2D eigenvalue weighted by Crippen LogP contribution is 2.25. The Morgan fingerprint density at radius 3 is 2.95 bits per heavy atom. The highest BCUT2D eigenvalue weighted by molar-refractivity contribution is 7.99. The third kappa shape index (κ3) is 3.30. The van der Waals surface area contributed by atoms with Gasteiger partial charge < -0.3 is 9.67 Å². The molecule has 1 saturated heterocycles. The standard InChI is InChI=1S/C11H16N2O4S2/c1-8-5-12-11(18-7-10(14)15)13(8)6-9-3-2-4-19(9,16)17/h5,9H,2-4,6-7H2,1H3,(H,14,15). The predicted molar refractivity (Wildman–Crippen MR) is 72.1 cm³/mol. The number of carboxylic acids is 1. The van der Waals surface area contributed by atoms with Gasteiger partial charge in [-0.15, -0.1) is 0 Å². The molecule has 2 heterocycles. The molecule has 0 amide bonds. The molecule has 2 rings (SSSR count). The van der Waals surface area contributed by atoms with E-state index in [1.807, 2.05) is 6.92 Å². The Balaban J connectivity index is 2.15. The normalized spacial score (nSPS) is 21.6. The molecule has 1 unspecified atom stereocenters. The fourth-order valence-electron chi connectivity index (χ4n) is 2.17. The number of aliphatic carboxylic acids is 1. The number of rotatable bonds is 5. The number of hydrogen-bond acceptors (Lipinski definition) is 5. The van der Waals surface area contributed by atoms with E-state index in [0.717, 1.165) is 17.5 Å². The molecule has 0 spiro atoms. The van der Waals surface area contributed by atoms with E-state index >= 15 is 0 Å². The van der Waals surface area contributed by atoms with Gasteiger partial charge in [-0.25, -0.2) is 13.4 Å². The zero-order valence-corrected chi connectivity index (χ0v) is 12.2. The predicted octanol–water partition coefficient (Wildman–Crippen LogP) is 0.945. The first-order chi connectivity index (χ1) is 8.90. The van der Waals surface area contributed by atoms with Crippen LogP contribution in [0.5, 0.6) is 0 Å². The highest BCUT2D eigenvalue weighted by atomic mass is 32.2. The number of hydrogen-bond donors (Lipinski definition) is 1. The van der Waals surface area contributed by atoms with Crippen molar-refractivity contribution in [1.82, 2.24) is 9.55 Å². The lowest BCUT2D eigenvalue weighted by atomic mass is 10.2. The molecular formula is C11H16N2O4S2. The van der Waals surface area contributed by atoms with Crippen LogP contribution in [0.1, 0.15) is 18.5 Å². The minimum Gasteiger partial charge on any atom is -0.481 e. The van der Waals surface area contributed by atoms with Crippen molar-refractivity contribution in [1.29, 1.82) is 0 Å². The third-order valence-electron chi connectivity index (χ3n) is 3.19. The summed E-state index contributed by atoms with van der Waals surface area (Å²) < 4.78 is 25.5. The van der Waals surface area contributed by atoms with Gasteiger partial charge in [-0.1, -0.05) is 11.8 Å². The van der Waals surface area contributed by atoms with E-state index in [2.05, 4.69) is 4.98 Å². The summed E-state index contributed by atoms with van der Waals surface area (Å²) in [6.45, 7) is 2.22. The molecule has 0 aliphatic carbocycles. The Labute approximate surface area is 116 Å². The molecule has 1 aromatic heterocycles. The van der Waals surface area contributed by atoms with Crippen molar-refractivity contribution in [3.8, 4) is 0 Å². The van der Waals surface area contributed by atoms with Crippen molar-refractivity contribution >= 4 is 27.6 Å². The van der Waals surface area contributed by atoms with Crippen LogP contribution in [0.4, 0.5) is 0 Å². The number of imidazole rings is 1. The summed E-state index contributed by atoms with van der Waals surface area (Å²) in [7, 11) is -3.00. The second kappa shape index (κ2) is 5.54. The summed E-state index contributed by atoms with van der Waals surface area (Å²) in [4.78, 5) is 14.7. The molecule has 0 saturated carbocycles. The van der Waals surface area contributed by atoms with E-state index in [1.54, 1.807) is 10.8 Å². The highest BCUT2D eigenvalue weighted by Gasteiger charge is 2.32. The SMILES string of the molecule is Cc1cnc(SCC(=O)O)n1CC1CCCS1(=O)=O. The van der Waals surface area contributed by atoms with Crippen molar-refractivity contribution in [3.05, 3.63) is 11.9 Å². The van der Waals surface area contributed by atoms with Crippen LogP contribution in [0.15, 0.2) is 11.4 Å². The van der Waals surface area contributed by atoms with Gasteiger partial charge in [0, 0.05) is 18.4 Å². The van der Waals surface area contributed by atoms with Crippen LogP contribution in [0.2, 0.25) is 0 Å². The molecule has 0 radical (unpaired) electrons. The molecule has 0 aromatic carbocycles. The minimum absolute atomic E-state index is 0.0755. The molecule has 19 heavy (non-hydrogen) atoms. The smallest absolute Gasteiger partial charge is 0.313 e. The first-order valence-electron chi connectivity index (χ1n) is 5.98. The topological polar surface area (TPSA) is 89.3 Å². The summed E-state index contributed by atoms with van der Waals surface area (Å²) >= 11 is 1.12. The summed E-state index contributed by atoms with van der Waals surface area (Å²) in [6, 6.07) is 0. The van der Waals surface area contributed by atoms with Crippen molar-refractivity contribution in [2.75, 3.05) is 11.5 Å². The van der Waals surface area contributed by atoms with E-state index in [9.17, 15) is 13.2 Å². The van der Waals surface area contributed by atoms with Crippen molar-refractivity contribution in [2.24, 2.45) is 0 Å². The molecular weight excluding hydrogens is 288 g/mol. The summed E-state index contributed by atoms with van der Waals surface area (Å²) in [6.07, 6.45) is 3.02. The van der Waals surface area contributed by atoms with Gasteiger partial charge in [0.2, 0.25) is 0 Å². The molecule has 0 bridgehead atoms. The number of nitrogens with zero attached hydrogens (tertiary/aromatic N) is 2. The van der Waals surface area contributed by atoms with Gasteiger partial charge >= 0.3 is 5.97 Å². The average Bonchev–Trinajstić information content (AvgIpc) is 2.82. The Hall–Kier alpha value is -1.02. The summed E-state index contributed by atoms with van der Waals surface area (Å²) in [5.41, 5.74) is 0.856. The van der Waals surface area contributed by atoms with Crippen LogP contribution < -0.4 is 0 Å². The van der Waals surface area contributed by atoms with Crippen LogP contribution in [0.25, 0.3) is 0 Å². The van der Waals surface area contributed by atoms with Gasteiger partial charge in [0.15, 0.2) is 15.0 Å². The largest absolute Gasteiger partial charge is 0.481 e. The Bertz CT molecular complexity index is 580. The molecule has 1 fully saturated rings. The Morgan fingerprint density at radius 1 is 1.63 bits per heavy atom. The van der Waals surface area contributed by atoms with Gasteiger partial charge in [-0.2, -0.15) is 0 Å². The Morgan fingerprint density at radius 2 is 2.37 bits per heavy atom. The van der Waals surface area contributed by atoms with E-state index in [1.165, 1.54) is 0 Å². The Kier molecular flexibility index (Phi) is 4.19. The van der Waals surface area contributed by atoms with Gasteiger partial charge in [0.25, 0.3) is 0 Å². The lowest BCUT2D eigenvalue weighted by Crippen LogP contribution is -2.23. The number of thioether (sulfide) groups is 1. The molecule has 106 valence electrons. The lowest BCUT2D eigenvalue weighted by molar-refractivity contribution is -0.133. The fraction of sp³-hybridized carbons (Fsp3) is 0.636. The molecule has 1 aliphatic rings. The van der Waals surface area contributed by atoms with Crippen molar-refractivity contribution < 1.29 is 18.3 Å². The number of carbonyl (C=O) groups is 1. The number of aryl methyl sites for hydroxylation is 1. The average molecular weight is 304 g/mol. The summed E-state index contributed by atoms with van der Waals surface area (Å²) in [5, 5.41) is 8.89. The first-order valence-corrected chi connectivity index (χ1v) is 8.68. The third-order valence-corrected chi connectivity index (χ3v) is 6.43. The molecule has 8 heteroatoms. The first kappa shape index (κ1) is 14.4. The number of aromatic nitrogens is 2. The zero-order chi connectivity index (χ0) is 14.0. The van der Waals surface area contributed by atoms with E-state index < -0.39 is 15.8 Å². The molecule has 6 nitrogen and oxygen atoms in total. The van der Waals surface area contributed by atoms with Gasteiger partial charge in [0.1, 0.15) is 0 Å². The fourth-order valence-corrected chi connectivity index (χ4v) is 4.73. The molecule has 1 aromatic rings. The number of sulfone groups is 1. The van der Waals surface area contributed by atoms with Crippen LogP contribution in [0, 0.1) is 6.92 Å². The van der Waals surface area contributed by atoms with Crippen molar-refractivity contribution in [2.45, 2.75) is 36.7 Å². The van der Waals surface area contributed by atoms with E-state index in [4.69, 9.17) is 5.11 Å². The maximum absolute atomic E-state index is 11.8. The minimum atomic E-state index is -3.00. The van der Waals surface area contributed by atoms with E-state index in [0.29, 0.717) is 24.5 Å². The zero-order valence-electron chi connectivity index (χ0n) is 10.6. The number of carboxylic acid groups (broad SMARTS) is 1. The van der Waals surface area contributed by atoms with Crippen LogP contribution in [-0.4, -0.2) is 45.8 Å². The van der Waals surface area contributed by atoms with Gasteiger partial charge in [-0.05, 0) is 19.8 Å². The van der Waals surface area contributed by atoms with E-state index in [-0.39, 0.29) is 16.8 Å². The monoisotopic (exact) mass is 304 g/mol. The van der Waals surface area contributed by atoms with Crippen LogP contribution in [-0.2, 0) is 21.2 Å². The van der Waals surface area contributed by atoms with Crippen molar-refractivity contribution in [3.63, 3.8) is 0 Å².